The Morgan fingerprint density at radius 2 is 1.14 bits per heavy atom. The van der Waals surface area contributed by atoms with E-state index in [1.165, 1.54) is 43.3 Å². The number of phenolic OH excluding ortho intramolecular Hbond substituents is 2. The van der Waals surface area contributed by atoms with Gasteiger partial charge in [-0.3, -0.25) is 43.2 Å². The molecule has 36 heteroatoms. The van der Waals surface area contributed by atoms with E-state index in [1.54, 1.807) is 18.2 Å². The zero-order valence-corrected chi connectivity index (χ0v) is 42.9. The van der Waals surface area contributed by atoms with Gasteiger partial charge in [0.25, 0.3) is 31.6 Å². The third kappa shape index (κ3) is 13.6. The van der Waals surface area contributed by atoms with Crippen LogP contribution in [0, 0.1) is 27.2 Å². The van der Waals surface area contributed by atoms with Crippen LogP contribution in [-0.2, 0) is 62.6 Å². The Bertz CT molecular complexity index is 4220. The molecule has 0 aromatic heterocycles. The predicted molar refractivity (Wildman–Crippen MR) is 261 cm³/mol. The number of aromatic hydroxyl groups is 2. The number of hydrogen-bond donors (Lipinski definition) is 9. The molecule has 0 saturated carbocycles. The molecule has 7 aromatic carbocycles. The van der Waals surface area contributed by atoms with Crippen molar-refractivity contribution < 1.29 is 120 Å². The van der Waals surface area contributed by atoms with Gasteiger partial charge in [0.15, 0.2) is 21.3 Å². The SMILES string of the molecule is CC(=O)Nc1ccc2cc(S(=O)(=O)O)c(N=Nc3cc([N+](=O)[O-])cc(S(=O)(=O)O)c3O)c(O)c2c1.Cc1ccc([OH2+])c([NH+]=Nc2ccc3cc(S(=O)(=O)O)c([NH+]=Nc4cc([N+](=O)[O-])cc(S(=O)(=O)O)c4[OH2+])c([OH2+])c3c2)c1.[Cr]. The molecule has 0 atom stereocenters. The van der Waals surface area contributed by atoms with E-state index in [1.807, 2.05) is 6.92 Å². The van der Waals surface area contributed by atoms with Crippen molar-refractivity contribution in [2.24, 2.45) is 20.5 Å². The number of carbonyl (C=O) groups excluding carboxylic acids is 1. The van der Waals surface area contributed by atoms with E-state index in [0.717, 1.165) is 17.7 Å². The van der Waals surface area contributed by atoms with Gasteiger partial charge in [-0.05, 0) is 70.8 Å². The standard InChI is InChI=1S/C23H17N5O11S2.C18H14N4O11S2.Cr/c1-11-2-5-18(29)16(6-11)25-24-13-4-3-12-7-19(40(34,35)36)21(22(30)15(12)8-13)27-26-17-9-14(28(32)33)10-20(23(17)31)41(37,38)39;1-8(23)19-10-3-2-9-4-14(34(28,29)30)16(17(24)12(9)5-10)21-20-13-6-11(22(26)27)7-15(18(13)25)35(31,32)33;/h2-10,29-31H,1H3,(H,34,35,36)(H,37,38,39);2-7,24-25H,1H3,(H,19,23)(H,28,29,30)(H,31,32,33);/p+5. The summed E-state index contributed by atoms with van der Waals surface area (Å²) >= 11 is 0. The number of fused-ring (bicyclic) bond motifs is 2. The van der Waals surface area contributed by atoms with Crippen molar-refractivity contribution in [3.63, 3.8) is 0 Å². The minimum Gasteiger partial charge on any atom is -0.591 e. The van der Waals surface area contributed by atoms with E-state index in [2.05, 4.69) is 36.0 Å². The first-order valence-electron chi connectivity index (χ1n) is 20.2. The van der Waals surface area contributed by atoms with Crippen LogP contribution < -0.4 is 15.5 Å². The molecule has 0 spiro atoms. The van der Waals surface area contributed by atoms with Crippen LogP contribution in [0.1, 0.15) is 12.5 Å². The van der Waals surface area contributed by atoms with Crippen LogP contribution in [0.4, 0.5) is 51.2 Å². The van der Waals surface area contributed by atoms with Gasteiger partial charge in [0.1, 0.15) is 26.9 Å². The normalized spacial score (nSPS) is 12.2. The molecule has 0 bridgehead atoms. The Hall–Kier alpha value is -8.70. The number of amides is 1. The molecule has 0 heterocycles. The summed E-state index contributed by atoms with van der Waals surface area (Å²) < 4.78 is 132. The van der Waals surface area contributed by atoms with Crippen LogP contribution in [-0.4, -0.2) is 93.2 Å². The maximum absolute atomic E-state index is 12.1. The molecule has 0 aliphatic carbocycles. The number of nitro groups is 2. The van der Waals surface area contributed by atoms with Gasteiger partial charge in [-0.15, -0.1) is 10.2 Å². The fourth-order valence-electron chi connectivity index (χ4n) is 6.69. The summed E-state index contributed by atoms with van der Waals surface area (Å²) in [5.41, 5.74) is -3.06. The van der Waals surface area contributed by atoms with E-state index in [9.17, 15) is 87.1 Å². The number of hydrogen-bond acceptors (Lipinski definition) is 19. The monoisotopic (exact) mass is 1190 g/mol. The van der Waals surface area contributed by atoms with E-state index < -0.39 is 133 Å². The van der Waals surface area contributed by atoms with Gasteiger partial charge in [0, 0.05) is 70.8 Å². The van der Waals surface area contributed by atoms with Gasteiger partial charge in [-0.2, -0.15) is 33.7 Å². The number of azo groups is 3. The largest absolute Gasteiger partial charge is 0.591 e. The zero-order valence-electron chi connectivity index (χ0n) is 38.4. The van der Waals surface area contributed by atoms with Crippen molar-refractivity contribution in [3.8, 4) is 28.7 Å². The summed E-state index contributed by atoms with van der Waals surface area (Å²) in [4.78, 5) is 27.4. The van der Waals surface area contributed by atoms with Crippen molar-refractivity contribution in [1.82, 2.24) is 0 Å². The van der Waals surface area contributed by atoms with Crippen LogP contribution in [0.3, 0.4) is 0 Å². The molecular formula is C41H36CrN9O22S4+5. The quantitative estimate of drug-likeness (QED) is 0.0260. The van der Waals surface area contributed by atoms with Gasteiger partial charge in [-0.1, -0.05) is 22.4 Å². The third-order valence-electron chi connectivity index (χ3n) is 10.1. The van der Waals surface area contributed by atoms with Crippen LogP contribution >= 0.6 is 0 Å². The zero-order chi connectivity index (χ0) is 56.6. The molecule has 0 unspecified atom stereocenters. The molecule has 0 radical (unpaired) electrons. The topological polar surface area (TPSA) is 519 Å². The number of aryl methyl sites for hydroxylation is 1. The molecule has 402 valence electrons. The molecule has 7 rings (SSSR count). The van der Waals surface area contributed by atoms with E-state index in [-0.39, 0.29) is 56.0 Å². The fraction of sp³-hybridized carbons (Fsp3) is 0.0488. The van der Waals surface area contributed by atoms with Gasteiger partial charge < -0.3 is 30.8 Å². The van der Waals surface area contributed by atoms with Crippen molar-refractivity contribution in [1.29, 1.82) is 0 Å². The molecule has 1 amide bonds. The Morgan fingerprint density at radius 3 is 1.71 bits per heavy atom. The number of nitrogens with one attached hydrogen (secondary N) is 3. The molecule has 77 heavy (non-hydrogen) atoms. The van der Waals surface area contributed by atoms with Crippen molar-refractivity contribution in [3.05, 3.63) is 117 Å². The Kier molecular flexibility index (Phi) is 17.1. The number of nitro benzene ring substituents is 2. The summed E-state index contributed by atoms with van der Waals surface area (Å²) in [6, 6.07) is 17.3. The molecule has 31 nitrogen and oxygen atoms in total. The first kappa shape index (κ1) is 59.2. The van der Waals surface area contributed by atoms with E-state index in [4.69, 9.17) is 15.3 Å². The Labute approximate surface area is 441 Å². The summed E-state index contributed by atoms with van der Waals surface area (Å²) in [5.74, 6) is -3.86. The number of benzene rings is 7. The summed E-state index contributed by atoms with van der Waals surface area (Å²) in [6.45, 7) is 3.05. The molecule has 0 aliphatic heterocycles. The summed E-state index contributed by atoms with van der Waals surface area (Å²) in [7, 11) is -20.2. The van der Waals surface area contributed by atoms with E-state index >= 15 is 0 Å². The maximum atomic E-state index is 12.1. The van der Waals surface area contributed by atoms with Gasteiger partial charge in [0.05, 0.1) is 21.3 Å². The van der Waals surface area contributed by atoms with Gasteiger partial charge in [-0.25, -0.2) is 0 Å². The van der Waals surface area contributed by atoms with Crippen LogP contribution in [0.15, 0.2) is 131 Å². The van der Waals surface area contributed by atoms with E-state index in [0.29, 0.717) is 30.0 Å². The fourth-order valence-corrected chi connectivity index (χ4v) is 9.28. The van der Waals surface area contributed by atoms with Crippen molar-refractivity contribution in [2.45, 2.75) is 33.4 Å². The molecule has 0 fully saturated rings. The van der Waals surface area contributed by atoms with Crippen LogP contribution in [0.25, 0.3) is 21.5 Å². The van der Waals surface area contributed by atoms with Gasteiger partial charge >= 0.3 is 48.9 Å². The van der Waals surface area contributed by atoms with Crippen molar-refractivity contribution >= 4 is 119 Å². The smallest absolute Gasteiger partial charge is 0.345 e. The average Bonchev–Trinajstić information content (AvgIpc) is 3.30. The number of anilines is 1. The number of non-ortho nitro benzene ring substituents is 2. The average molecular weight is 1190 g/mol. The second-order valence-corrected chi connectivity index (χ2v) is 21.0. The first-order chi connectivity index (χ1) is 35.1. The summed E-state index contributed by atoms with van der Waals surface area (Å²) in [6.07, 6.45) is 0. The molecule has 7 aromatic rings. The second kappa shape index (κ2) is 22.3. The van der Waals surface area contributed by atoms with Crippen molar-refractivity contribution in [2.75, 3.05) is 5.32 Å². The minimum atomic E-state index is -5.15. The number of carbonyl (C=O) groups is 1. The molecule has 0 aliphatic rings. The molecular weight excluding hydrogens is 1150 g/mol. The maximum Gasteiger partial charge on any atom is 0.345 e. The third-order valence-corrected chi connectivity index (χ3v) is 13.6. The minimum absolute atomic E-state index is 0. The van der Waals surface area contributed by atoms with Crippen LogP contribution in [0.5, 0.6) is 28.7 Å². The predicted octanol–water partition coefficient (Wildman–Crippen LogP) is 3.88. The Balaban J connectivity index is 0.000000284. The first-order valence-corrected chi connectivity index (χ1v) is 25.9. The Morgan fingerprint density at radius 1 is 0.597 bits per heavy atom. The van der Waals surface area contributed by atoms with Crippen LogP contribution in [0.2, 0.25) is 0 Å². The number of phenols is 2. The van der Waals surface area contributed by atoms with Gasteiger partial charge in [0.2, 0.25) is 11.6 Å². The number of nitrogens with zero attached hydrogens (tertiary/aromatic N) is 6. The number of rotatable bonds is 13. The summed E-state index contributed by atoms with van der Waals surface area (Å²) in [5, 5.41) is 90.2. The second-order valence-electron chi connectivity index (χ2n) is 15.5. The molecule has 0 saturated heterocycles. The molecule has 15 N–H and O–H groups in total.